The third-order valence-electron chi connectivity index (χ3n) is 5.10. The number of aromatic nitrogens is 2. The molecule has 0 spiro atoms. The fourth-order valence-corrected chi connectivity index (χ4v) is 3.27. The predicted molar refractivity (Wildman–Crippen MR) is 126 cm³/mol. The molecule has 0 fully saturated rings. The zero-order chi connectivity index (χ0) is 22.7. The Bertz CT molecular complexity index is 1360. The Kier molecular flexibility index (Phi) is 5.89. The molecule has 0 saturated carbocycles. The number of fused-ring (bicyclic) bond motifs is 1. The summed E-state index contributed by atoms with van der Waals surface area (Å²) in [5.41, 5.74) is 5.51. The van der Waals surface area contributed by atoms with Crippen LogP contribution in [0.5, 0.6) is 5.75 Å². The lowest BCUT2D eigenvalue weighted by atomic mass is 10.1. The first-order chi connectivity index (χ1) is 15.4. The smallest absolute Gasteiger partial charge is 0.323 e. The Hall–Kier alpha value is -4.13. The van der Waals surface area contributed by atoms with E-state index in [9.17, 15) is 9.59 Å². The van der Waals surface area contributed by atoms with Crippen molar-refractivity contribution >= 4 is 23.1 Å². The molecular formula is C25H24N4O3. The number of rotatable bonds is 5. The highest BCUT2D eigenvalue weighted by molar-refractivity contribution is 5.99. The van der Waals surface area contributed by atoms with Gasteiger partial charge in [-0.1, -0.05) is 18.2 Å². The van der Waals surface area contributed by atoms with Crippen molar-refractivity contribution in [2.75, 3.05) is 10.6 Å². The van der Waals surface area contributed by atoms with Gasteiger partial charge in [-0.15, -0.1) is 0 Å². The van der Waals surface area contributed by atoms with Gasteiger partial charge in [0.2, 0.25) is 0 Å². The van der Waals surface area contributed by atoms with E-state index in [4.69, 9.17) is 4.74 Å². The van der Waals surface area contributed by atoms with Crippen molar-refractivity contribution in [3.63, 3.8) is 0 Å². The maximum Gasteiger partial charge on any atom is 0.323 e. The van der Waals surface area contributed by atoms with E-state index in [0.717, 1.165) is 16.8 Å². The number of ether oxygens (including phenoxy) is 1. The number of carbonyl (C=O) groups is 1. The molecular weight excluding hydrogens is 404 g/mol. The molecule has 0 saturated heterocycles. The summed E-state index contributed by atoms with van der Waals surface area (Å²) >= 11 is 0. The van der Waals surface area contributed by atoms with Gasteiger partial charge in [-0.2, -0.15) is 0 Å². The van der Waals surface area contributed by atoms with E-state index in [1.165, 1.54) is 16.0 Å². The van der Waals surface area contributed by atoms with E-state index >= 15 is 0 Å². The molecule has 2 aromatic heterocycles. The lowest BCUT2D eigenvalue weighted by molar-refractivity contribution is 0.262. The van der Waals surface area contributed by atoms with Gasteiger partial charge >= 0.3 is 6.03 Å². The van der Waals surface area contributed by atoms with Gasteiger partial charge in [0.25, 0.3) is 5.56 Å². The first kappa shape index (κ1) is 21.1. The summed E-state index contributed by atoms with van der Waals surface area (Å²) in [6, 6.07) is 17.6. The number of nitrogens with zero attached hydrogens (tertiary/aromatic N) is 2. The Morgan fingerprint density at radius 3 is 2.50 bits per heavy atom. The van der Waals surface area contributed by atoms with Crippen LogP contribution in [-0.2, 0) is 6.61 Å². The molecule has 0 aliphatic heterocycles. The molecule has 0 atom stereocenters. The fourth-order valence-electron chi connectivity index (χ4n) is 3.27. The van der Waals surface area contributed by atoms with Crippen molar-refractivity contribution in [2.24, 2.45) is 0 Å². The van der Waals surface area contributed by atoms with Crippen LogP contribution in [0.3, 0.4) is 0 Å². The van der Waals surface area contributed by atoms with Crippen LogP contribution < -0.4 is 20.9 Å². The molecule has 0 bridgehead atoms. The number of hydrogen-bond donors (Lipinski definition) is 2. The minimum Gasteiger partial charge on any atom is -0.487 e. The molecule has 162 valence electrons. The van der Waals surface area contributed by atoms with Crippen LogP contribution in [0.15, 0.2) is 71.7 Å². The number of nitrogens with one attached hydrogen (secondary N) is 2. The molecule has 0 aliphatic rings. The lowest BCUT2D eigenvalue weighted by Gasteiger charge is -2.11. The number of benzene rings is 2. The van der Waals surface area contributed by atoms with Gasteiger partial charge in [0.05, 0.1) is 5.69 Å². The van der Waals surface area contributed by atoms with Gasteiger partial charge < -0.3 is 15.4 Å². The second kappa shape index (κ2) is 8.93. The second-order valence-electron chi connectivity index (χ2n) is 7.72. The maximum absolute atomic E-state index is 12.3. The van der Waals surface area contributed by atoms with Crippen LogP contribution >= 0.6 is 0 Å². The molecule has 0 radical (unpaired) electrons. The number of pyridine rings is 1. The van der Waals surface area contributed by atoms with E-state index in [1.807, 2.05) is 45.0 Å². The minimum absolute atomic E-state index is 0.137. The van der Waals surface area contributed by atoms with Crippen molar-refractivity contribution in [1.29, 1.82) is 0 Å². The van der Waals surface area contributed by atoms with Crippen molar-refractivity contribution in [3.8, 4) is 5.75 Å². The highest BCUT2D eigenvalue weighted by Gasteiger charge is 2.07. The van der Waals surface area contributed by atoms with Crippen LogP contribution in [-0.4, -0.2) is 15.4 Å². The van der Waals surface area contributed by atoms with Gasteiger partial charge in [0.1, 0.15) is 18.0 Å². The first-order valence-corrected chi connectivity index (χ1v) is 10.2. The van der Waals surface area contributed by atoms with Crippen LogP contribution in [0.25, 0.3) is 5.65 Å². The normalized spacial score (nSPS) is 10.7. The van der Waals surface area contributed by atoms with Crippen LogP contribution in [0.4, 0.5) is 16.2 Å². The second-order valence-corrected chi connectivity index (χ2v) is 7.72. The average Bonchev–Trinajstić information content (AvgIpc) is 2.76. The van der Waals surface area contributed by atoms with Crippen molar-refractivity contribution < 1.29 is 9.53 Å². The third-order valence-corrected chi connectivity index (χ3v) is 5.10. The molecule has 0 aliphatic carbocycles. The first-order valence-electron chi connectivity index (χ1n) is 10.2. The molecule has 2 amide bonds. The highest BCUT2D eigenvalue weighted by Crippen LogP contribution is 2.19. The Labute approximate surface area is 185 Å². The Morgan fingerprint density at radius 2 is 1.72 bits per heavy atom. The zero-order valence-electron chi connectivity index (χ0n) is 18.2. The summed E-state index contributed by atoms with van der Waals surface area (Å²) in [6.45, 7) is 6.08. The summed E-state index contributed by atoms with van der Waals surface area (Å²) in [6.07, 6.45) is 1.76. The molecule has 7 heteroatoms. The number of hydrogen-bond acceptors (Lipinski definition) is 4. The molecule has 2 aromatic carbocycles. The van der Waals surface area contributed by atoms with Crippen molar-refractivity contribution in [2.45, 2.75) is 27.4 Å². The van der Waals surface area contributed by atoms with Gasteiger partial charge in [-0.25, -0.2) is 9.78 Å². The quantitative estimate of drug-likeness (QED) is 0.476. The SMILES string of the molecule is Cc1ccc2nc(COc3cccc(NC(=O)Nc4ccc(C)c(C)c4)c3)cc(=O)n2c1. The molecule has 32 heavy (non-hydrogen) atoms. The van der Waals surface area contributed by atoms with E-state index in [0.29, 0.717) is 22.8 Å². The Balaban J connectivity index is 1.41. The summed E-state index contributed by atoms with van der Waals surface area (Å²) in [5, 5.41) is 5.63. The van der Waals surface area contributed by atoms with Crippen molar-refractivity contribution in [3.05, 3.63) is 99.6 Å². The molecule has 2 heterocycles. The fraction of sp³-hybridized carbons (Fsp3) is 0.160. The van der Waals surface area contributed by atoms with E-state index in [2.05, 4.69) is 15.6 Å². The summed E-state index contributed by atoms with van der Waals surface area (Å²) in [4.78, 5) is 29.2. The monoisotopic (exact) mass is 428 g/mol. The molecule has 0 unspecified atom stereocenters. The van der Waals surface area contributed by atoms with Gasteiger partial charge in [-0.3, -0.25) is 9.20 Å². The number of aryl methyl sites for hydroxylation is 3. The number of urea groups is 1. The summed E-state index contributed by atoms with van der Waals surface area (Å²) in [5.74, 6) is 0.555. The zero-order valence-corrected chi connectivity index (χ0v) is 18.2. The van der Waals surface area contributed by atoms with Crippen LogP contribution in [0, 0.1) is 20.8 Å². The predicted octanol–water partition coefficient (Wildman–Crippen LogP) is 4.84. The van der Waals surface area contributed by atoms with E-state index in [1.54, 1.807) is 36.5 Å². The van der Waals surface area contributed by atoms with E-state index < -0.39 is 0 Å². The number of carbonyl (C=O) groups excluding carboxylic acids is 1. The standard InChI is InChI=1S/C25H24N4O3/c1-16-7-10-23-26-21(13-24(30)29(23)14-16)15-32-22-6-4-5-19(12-22)27-25(31)28-20-9-8-17(2)18(3)11-20/h4-14H,15H2,1-3H3,(H2,27,28,31). The summed E-state index contributed by atoms with van der Waals surface area (Å²) < 4.78 is 7.32. The van der Waals surface area contributed by atoms with Gasteiger partial charge in [0, 0.05) is 29.7 Å². The third kappa shape index (κ3) is 4.95. The largest absolute Gasteiger partial charge is 0.487 e. The number of anilines is 2. The van der Waals surface area contributed by atoms with Gasteiger partial charge in [0.15, 0.2) is 0 Å². The van der Waals surface area contributed by atoms with Crippen LogP contribution in [0.2, 0.25) is 0 Å². The molecule has 2 N–H and O–H groups in total. The minimum atomic E-state index is -0.343. The van der Waals surface area contributed by atoms with Gasteiger partial charge in [-0.05, 0) is 67.8 Å². The maximum atomic E-state index is 12.3. The van der Waals surface area contributed by atoms with E-state index in [-0.39, 0.29) is 18.2 Å². The topological polar surface area (TPSA) is 84.7 Å². The molecule has 4 rings (SSSR count). The lowest BCUT2D eigenvalue weighted by Crippen LogP contribution is -2.19. The highest BCUT2D eigenvalue weighted by atomic mass is 16.5. The Morgan fingerprint density at radius 1 is 0.938 bits per heavy atom. The molecule has 4 aromatic rings. The number of amides is 2. The average molecular weight is 428 g/mol. The molecule has 7 nitrogen and oxygen atoms in total. The van der Waals surface area contributed by atoms with Crippen LogP contribution in [0.1, 0.15) is 22.4 Å². The summed E-state index contributed by atoms with van der Waals surface area (Å²) in [7, 11) is 0. The van der Waals surface area contributed by atoms with Crippen molar-refractivity contribution in [1.82, 2.24) is 9.38 Å².